The number of rotatable bonds is 9. The van der Waals surface area contributed by atoms with Crippen molar-refractivity contribution in [2.45, 2.75) is 79.7 Å². The van der Waals surface area contributed by atoms with Crippen LogP contribution in [0, 0.1) is 0 Å². The van der Waals surface area contributed by atoms with E-state index in [4.69, 9.17) is 33.2 Å². The van der Waals surface area contributed by atoms with Gasteiger partial charge in [0.2, 0.25) is 0 Å². The number of nitrogens with one attached hydrogen (secondary N) is 2. The highest BCUT2D eigenvalue weighted by Gasteiger charge is 2.17. The van der Waals surface area contributed by atoms with Crippen LogP contribution in [-0.4, -0.2) is 42.8 Å². The van der Waals surface area contributed by atoms with Crippen LogP contribution in [-0.2, 0) is 22.6 Å². The molecule has 0 aliphatic carbocycles. The van der Waals surface area contributed by atoms with E-state index in [1.54, 1.807) is 128 Å². The first-order valence-electron chi connectivity index (χ1n) is 18.6. The number of alkyl carbamates (subject to hydrolysis) is 2. The summed E-state index contributed by atoms with van der Waals surface area (Å²) >= 11 is 0. The summed E-state index contributed by atoms with van der Waals surface area (Å²) in [7, 11) is 1.55. The lowest BCUT2D eigenvalue weighted by Gasteiger charge is -2.19. The molecular weight excluding hydrogens is 744 g/mol. The van der Waals surface area contributed by atoms with Crippen LogP contribution in [0.5, 0.6) is 28.7 Å². The van der Waals surface area contributed by atoms with Crippen LogP contribution in [0.1, 0.15) is 66.5 Å². The van der Waals surface area contributed by atoms with Gasteiger partial charge in [-0.2, -0.15) is 0 Å². The van der Waals surface area contributed by atoms with Crippen LogP contribution in [0.2, 0.25) is 0 Å². The highest BCUT2D eigenvalue weighted by molar-refractivity contribution is 5.89. The van der Waals surface area contributed by atoms with Crippen molar-refractivity contribution in [3.63, 3.8) is 0 Å². The lowest BCUT2D eigenvalue weighted by molar-refractivity contribution is 0.0512. The molecule has 0 atom stereocenters. The number of fused-ring (bicyclic) bond motifs is 1. The fraction of sp³-hybridized carbons (Fsp3) is 0.289. The van der Waals surface area contributed by atoms with Crippen LogP contribution in [0.15, 0.2) is 115 Å². The molecule has 0 aromatic heterocycles. The summed E-state index contributed by atoms with van der Waals surface area (Å²) in [4.78, 5) is 47.3. The fourth-order valence-corrected chi connectivity index (χ4v) is 4.68. The number of benzene rings is 5. The Morgan fingerprint density at radius 2 is 0.862 bits per heavy atom. The first-order valence-corrected chi connectivity index (χ1v) is 18.6. The molecule has 5 aromatic rings. The molecule has 0 aliphatic rings. The minimum Gasteiger partial charge on any atom is -0.497 e. The molecule has 0 unspecified atom stereocenters. The molecule has 5 aromatic carbocycles. The van der Waals surface area contributed by atoms with E-state index in [0.717, 1.165) is 21.9 Å². The van der Waals surface area contributed by atoms with E-state index in [1.165, 1.54) is 0 Å². The average Bonchev–Trinajstić information content (AvgIpc) is 3.17. The number of carbonyl (C=O) groups is 4. The third-order valence-electron chi connectivity index (χ3n) is 7.12. The molecule has 308 valence electrons. The van der Waals surface area contributed by atoms with Gasteiger partial charge in [-0.3, -0.25) is 0 Å². The van der Waals surface area contributed by atoms with Gasteiger partial charge >= 0.3 is 24.5 Å². The number of hydrogen-bond donors (Lipinski definition) is 2. The molecule has 2 N–H and O–H groups in total. The zero-order chi connectivity index (χ0) is 42.7. The fourth-order valence-electron chi connectivity index (χ4n) is 4.68. The first-order chi connectivity index (χ1) is 27.5. The van der Waals surface area contributed by atoms with Gasteiger partial charge in [0.05, 0.1) is 7.11 Å². The summed E-state index contributed by atoms with van der Waals surface area (Å²) in [5.74, 6) is 2.11. The molecule has 0 saturated carbocycles. The summed E-state index contributed by atoms with van der Waals surface area (Å²) in [5.41, 5.74) is 0.570. The lowest BCUT2D eigenvalue weighted by Crippen LogP contribution is -2.32. The summed E-state index contributed by atoms with van der Waals surface area (Å²) < 4.78 is 36.2. The van der Waals surface area contributed by atoms with Gasteiger partial charge in [0.1, 0.15) is 39.9 Å². The van der Waals surface area contributed by atoms with Crippen molar-refractivity contribution in [3.8, 4) is 28.7 Å². The maximum absolute atomic E-state index is 12.1. The summed E-state index contributed by atoms with van der Waals surface area (Å²) in [6.07, 6.45) is -2.65. The zero-order valence-corrected chi connectivity index (χ0v) is 34.4. The second kappa shape index (κ2) is 22.1. The Hall–Kier alpha value is -6.76. The predicted molar refractivity (Wildman–Crippen MR) is 221 cm³/mol. The molecule has 13 heteroatoms. The Labute approximate surface area is 339 Å². The third kappa shape index (κ3) is 16.9. The van der Waals surface area contributed by atoms with Crippen LogP contribution in [0.3, 0.4) is 0 Å². The SMILES string of the molecule is CC.CC(C)(C)OC(=O)NCc1ccc(OC(=O)Oc2cccc3ccccc23)cc1.COc1ccc(OC(=O)Oc2ccc(CNC(=O)OC(C)(C)C)cc2)cc1. The van der Waals surface area contributed by atoms with Gasteiger partial charge < -0.3 is 43.8 Å². The minimum absolute atomic E-state index is 0.297. The summed E-state index contributed by atoms with van der Waals surface area (Å²) in [6, 6.07) is 33.1. The van der Waals surface area contributed by atoms with Crippen molar-refractivity contribution in [2.75, 3.05) is 7.11 Å². The number of methoxy groups -OCH3 is 1. The van der Waals surface area contributed by atoms with Gasteiger partial charge in [-0.05, 0) is 113 Å². The van der Waals surface area contributed by atoms with Gasteiger partial charge in [0, 0.05) is 18.5 Å². The minimum atomic E-state index is -0.847. The molecule has 2 amide bonds. The molecule has 0 saturated heterocycles. The topological polar surface area (TPSA) is 157 Å². The van der Waals surface area contributed by atoms with Crippen LogP contribution < -0.4 is 34.3 Å². The van der Waals surface area contributed by atoms with E-state index in [2.05, 4.69) is 10.6 Å². The molecule has 0 fully saturated rings. The largest absolute Gasteiger partial charge is 0.519 e. The van der Waals surface area contributed by atoms with Crippen LogP contribution in [0.25, 0.3) is 10.8 Å². The number of carbonyl (C=O) groups excluding carboxylic acids is 4. The van der Waals surface area contributed by atoms with E-state index in [-0.39, 0.29) is 0 Å². The number of ether oxygens (including phenoxy) is 7. The highest BCUT2D eigenvalue weighted by Crippen LogP contribution is 2.26. The van der Waals surface area contributed by atoms with Gasteiger partial charge in [-0.15, -0.1) is 0 Å². The molecule has 0 spiro atoms. The third-order valence-corrected chi connectivity index (χ3v) is 7.12. The normalized spacial score (nSPS) is 10.6. The Kier molecular flexibility index (Phi) is 17.4. The van der Waals surface area contributed by atoms with Crippen LogP contribution >= 0.6 is 0 Å². The molecule has 0 bridgehead atoms. The molecule has 0 aliphatic heterocycles. The lowest BCUT2D eigenvalue weighted by atomic mass is 10.1. The molecule has 13 nitrogen and oxygen atoms in total. The van der Waals surface area contributed by atoms with Gasteiger partial charge in [-0.25, -0.2) is 19.2 Å². The van der Waals surface area contributed by atoms with Crippen LogP contribution in [0.4, 0.5) is 19.2 Å². The van der Waals surface area contributed by atoms with E-state index >= 15 is 0 Å². The number of amides is 2. The Balaban J connectivity index is 0.000000299. The molecule has 5 rings (SSSR count). The van der Waals surface area contributed by atoms with Crippen molar-refractivity contribution in [1.82, 2.24) is 10.6 Å². The average molecular weight is 797 g/mol. The van der Waals surface area contributed by atoms with Crippen molar-refractivity contribution in [2.24, 2.45) is 0 Å². The molecule has 58 heavy (non-hydrogen) atoms. The Bertz CT molecular complexity index is 2060. The standard InChI is InChI=1S/C23H23NO5.C20H23NO6.C2H6/c1-23(2,3)29-21(25)24-15-16-11-13-18(14-12-16)27-22(26)28-20-10-6-8-17-7-4-5-9-19(17)20;1-20(2,3)27-18(22)21-13-14-5-7-16(8-6-14)25-19(23)26-17-11-9-15(24-4)10-12-17;1-2/h4-14H,15H2,1-3H3,(H,24,25);5-12H,13H2,1-4H3,(H,21,22);1-2H3. The quantitative estimate of drug-likeness (QED) is 0.108. The maximum atomic E-state index is 12.1. The van der Waals surface area contributed by atoms with E-state index in [0.29, 0.717) is 41.8 Å². The molecular formula is C45H52N2O11. The van der Waals surface area contributed by atoms with E-state index in [1.807, 2.05) is 50.2 Å². The van der Waals surface area contributed by atoms with Crippen molar-refractivity contribution >= 4 is 35.3 Å². The second-order valence-corrected chi connectivity index (χ2v) is 14.1. The van der Waals surface area contributed by atoms with E-state index in [9.17, 15) is 19.2 Å². The smallest absolute Gasteiger partial charge is 0.497 e. The highest BCUT2D eigenvalue weighted by atomic mass is 16.7. The molecule has 0 radical (unpaired) electrons. The summed E-state index contributed by atoms with van der Waals surface area (Å²) in [6.45, 7) is 15.4. The predicted octanol–water partition coefficient (Wildman–Crippen LogP) is 10.8. The zero-order valence-electron chi connectivity index (χ0n) is 34.4. The maximum Gasteiger partial charge on any atom is 0.519 e. The van der Waals surface area contributed by atoms with Gasteiger partial charge in [0.15, 0.2) is 0 Å². The summed E-state index contributed by atoms with van der Waals surface area (Å²) in [5, 5.41) is 7.13. The Morgan fingerprint density at radius 1 is 0.483 bits per heavy atom. The van der Waals surface area contributed by atoms with Gasteiger partial charge in [0.25, 0.3) is 0 Å². The molecule has 0 heterocycles. The van der Waals surface area contributed by atoms with Crippen molar-refractivity contribution in [1.29, 1.82) is 0 Å². The Morgan fingerprint density at radius 3 is 1.29 bits per heavy atom. The monoisotopic (exact) mass is 796 g/mol. The van der Waals surface area contributed by atoms with Gasteiger partial charge in [-0.1, -0.05) is 74.5 Å². The number of hydrogen-bond acceptors (Lipinski definition) is 11. The first kappa shape index (κ1) is 45.6. The second-order valence-electron chi connectivity index (χ2n) is 14.1. The van der Waals surface area contributed by atoms with Crippen molar-refractivity contribution < 1.29 is 52.3 Å². The van der Waals surface area contributed by atoms with E-state index < -0.39 is 35.7 Å². The van der Waals surface area contributed by atoms with Crippen molar-refractivity contribution in [3.05, 3.63) is 126 Å².